The molecular formula is C18H34O2. The van der Waals surface area contributed by atoms with Crippen LogP contribution in [0, 0.1) is 16.2 Å². The molecule has 0 aromatic rings. The van der Waals surface area contributed by atoms with E-state index in [0.29, 0.717) is 0 Å². The zero-order chi connectivity index (χ0) is 15.8. The van der Waals surface area contributed by atoms with E-state index in [-0.39, 0.29) is 22.4 Å². The van der Waals surface area contributed by atoms with E-state index in [1.807, 2.05) is 0 Å². The lowest BCUT2D eigenvalue weighted by Gasteiger charge is -2.50. The van der Waals surface area contributed by atoms with Gasteiger partial charge in [-0.1, -0.05) is 48.0 Å². The summed E-state index contributed by atoms with van der Waals surface area (Å²) in [5.74, 6) is -0.0260. The van der Waals surface area contributed by atoms with Crippen LogP contribution in [0.25, 0.3) is 0 Å². The Balaban J connectivity index is 3.02. The van der Waals surface area contributed by atoms with E-state index in [9.17, 15) is 4.79 Å². The molecule has 1 fully saturated rings. The molecule has 118 valence electrons. The summed E-state index contributed by atoms with van der Waals surface area (Å²) in [4.78, 5) is 13.0. The molecule has 0 unspecified atom stereocenters. The summed E-state index contributed by atoms with van der Waals surface area (Å²) in [7, 11) is 0. The molecule has 0 bridgehead atoms. The Labute approximate surface area is 125 Å². The fourth-order valence-electron chi connectivity index (χ4n) is 3.46. The van der Waals surface area contributed by atoms with Crippen molar-refractivity contribution in [2.75, 3.05) is 0 Å². The largest absolute Gasteiger partial charge is 0.459 e. The van der Waals surface area contributed by atoms with Gasteiger partial charge < -0.3 is 4.74 Å². The lowest BCUT2D eigenvalue weighted by atomic mass is 9.55. The number of hydrogen-bond acceptors (Lipinski definition) is 2. The molecule has 0 atom stereocenters. The van der Waals surface area contributed by atoms with E-state index in [4.69, 9.17) is 4.74 Å². The zero-order valence-electron chi connectivity index (χ0n) is 14.9. The molecule has 0 heterocycles. The minimum absolute atomic E-state index is 0.0260. The number of hydrogen-bond donors (Lipinski definition) is 0. The van der Waals surface area contributed by atoms with Crippen LogP contribution in [-0.4, -0.2) is 11.6 Å². The van der Waals surface area contributed by atoms with Gasteiger partial charge in [-0.2, -0.15) is 0 Å². The van der Waals surface area contributed by atoms with Crippen molar-refractivity contribution in [3.8, 4) is 0 Å². The molecule has 1 aliphatic carbocycles. The van der Waals surface area contributed by atoms with Gasteiger partial charge in [-0.15, -0.1) is 0 Å². The Morgan fingerprint density at radius 1 is 0.850 bits per heavy atom. The van der Waals surface area contributed by atoms with Gasteiger partial charge in [-0.05, 0) is 50.4 Å². The fourth-order valence-corrected chi connectivity index (χ4v) is 3.46. The zero-order valence-corrected chi connectivity index (χ0v) is 14.9. The normalized spacial score (nSPS) is 20.6. The van der Waals surface area contributed by atoms with Crippen molar-refractivity contribution in [1.29, 1.82) is 0 Å². The van der Waals surface area contributed by atoms with Gasteiger partial charge in [0.05, 0.1) is 5.41 Å². The highest BCUT2D eigenvalue weighted by molar-refractivity contribution is 5.78. The topological polar surface area (TPSA) is 26.3 Å². The van der Waals surface area contributed by atoms with E-state index < -0.39 is 5.41 Å². The molecule has 1 rings (SSSR count). The Bertz CT molecular complexity index is 335. The van der Waals surface area contributed by atoms with Crippen molar-refractivity contribution in [3.63, 3.8) is 0 Å². The summed E-state index contributed by atoms with van der Waals surface area (Å²) >= 11 is 0. The van der Waals surface area contributed by atoms with Crippen LogP contribution in [0.1, 0.15) is 87.5 Å². The first-order valence-corrected chi connectivity index (χ1v) is 8.07. The molecule has 2 heteroatoms. The van der Waals surface area contributed by atoms with Crippen LogP contribution in [0.2, 0.25) is 0 Å². The second kappa shape index (κ2) is 5.35. The predicted octanol–water partition coefficient (Wildman–Crippen LogP) is 5.35. The highest BCUT2D eigenvalue weighted by Crippen LogP contribution is 2.53. The van der Waals surface area contributed by atoms with Gasteiger partial charge in [0, 0.05) is 0 Å². The molecule has 1 saturated carbocycles. The van der Waals surface area contributed by atoms with Crippen molar-refractivity contribution in [2.24, 2.45) is 16.2 Å². The molecule has 0 radical (unpaired) electrons. The van der Waals surface area contributed by atoms with Gasteiger partial charge in [0.15, 0.2) is 0 Å². The molecule has 1 aliphatic rings. The second-order valence-electron chi connectivity index (χ2n) is 9.03. The summed E-state index contributed by atoms with van der Waals surface area (Å²) in [5.41, 5.74) is -1.02. The number of carbonyl (C=O) groups is 1. The van der Waals surface area contributed by atoms with E-state index in [2.05, 4.69) is 55.4 Å². The second-order valence-corrected chi connectivity index (χ2v) is 9.03. The Morgan fingerprint density at radius 3 is 1.60 bits per heavy atom. The summed E-state index contributed by atoms with van der Waals surface area (Å²) < 4.78 is 6.06. The van der Waals surface area contributed by atoms with Crippen molar-refractivity contribution in [1.82, 2.24) is 0 Å². The third kappa shape index (κ3) is 3.20. The number of esters is 1. The Morgan fingerprint density at radius 2 is 1.25 bits per heavy atom. The quantitative estimate of drug-likeness (QED) is 0.638. The molecule has 0 saturated heterocycles. The molecule has 0 amide bonds. The molecule has 0 N–H and O–H groups in total. The van der Waals surface area contributed by atoms with E-state index in [1.54, 1.807) is 0 Å². The van der Waals surface area contributed by atoms with Gasteiger partial charge >= 0.3 is 5.97 Å². The summed E-state index contributed by atoms with van der Waals surface area (Å²) in [6.45, 7) is 17.0. The minimum atomic E-state index is -0.500. The van der Waals surface area contributed by atoms with Gasteiger partial charge in [0.25, 0.3) is 0 Å². The first kappa shape index (κ1) is 17.5. The van der Waals surface area contributed by atoms with E-state index in [0.717, 1.165) is 12.8 Å². The molecule has 0 aliphatic heterocycles. The average molecular weight is 282 g/mol. The van der Waals surface area contributed by atoms with Gasteiger partial charge in [0.2, 0.25) is 0 Å². The average Bonchev–Trinajstić information content (AvgIpc) is 2.25. The number of ether oxygens (including phenoxy) is 1. The van der Waals surface area contributed by atoms with Gasteiger partial charge in [-0.3, -0.25) is 4.79 Å². The molecule has 0 aromatic heterocycles. The highest BCUT2D eigenvalue weighted by atomic mass is 16.6. The molecule has 0 aromatic carbocycles. The first-order valence-electron chi connectivity index (χ1n) is 8.07. The van der Waals surface area contributed by atoms with Crippen molar-refractivity contribution in [2.45, 2.75) is 93.1 Å². The van der Waals surface area contributed by atoms with Crippen LogP contribution in [0.5, 0.6) is 0 Å². The van der Waals surface area contributed by atoms with Crippen LogP contribution in [0.15, 0.2) is 0 Å². The van der Waals surface area contributed by atoms with Crippen LogP contribution in [-0.2, 0) is 9.53 Å². The van der Waals surface area contributed by atoms with Crippen molar-refractivity contribution < 1.29 is 9.53 Å². The van der Waals surface area contributed by atoms with Crippen LogP contribution in [0.3, 0.4) is 0 Å². The third-order valence-electron chi connectivity index (χ3n) is 5.66. The maximum absolute atomic E-state index is 13.0. The molecule has 0 spiro atoms. The smallest absolute Gasteiger partial charge is 0.313 e. The van der Waals surface area contributed by atoms with E-state index in [1.165, 1.54) is 19.3 Å². The monoisotopic (exact) mass is 282 g/mol. The maximum Gasteiger partial charge on any atom is 0.313 e. The first-order chi connectivity index (χ1) is 8.83. The lowest BCUT2D eigenvalue weighted by Crippen LogP contribution is -2.53. The molecular weight excluding hydrogens is 248 g/mol. The minimum Gasteiger partial charge on any atom is -0.459 e. The Hall–Kier alpha value is -0.530. The van der Waals surface area contributed by atoms with Gasteiger partial charge in [0.1, 0.15) is 5.60 Å². The van der Waals surface area contributed by atoms with E-state index >= 15 is 0 Å². The highest BCUT2D eigenvalue weighted by Gasteiger charge is 2.54. The molecule has 2 nitrogen and oxygen atoms in total. The summed E-state index contributed by atoms with van der Waals surface area (Å²) in [5, 5.41) is 0. The summed E-state index contributed by atoms with van der Waals surface area (Å²) in [6.07, 6.45) is 5.62. The number of carbonyl (C=O) groups excluding carboxylic acids is 1. The van der Waals surface area contributed by atoms with Crippen LogP contribution in [0.4, 0.5) is 0 Å². The lowest BCUT2D eigenvalue weighted by molar-refractivity contribution is -0.190. The fraction of sp³-hybridized carbons (Fsp3) is 0.944. The Kier molecular flexibility index (Phi) is 4.68. The van der Waals surface area contributed by atoms with Crippen molar-refractivity contribution in [3.05, 3.63) is 0 Å². The maximum atomic E-state index is 13.0. The third-order valence-corrected chi connectivity index (χ3v) is 5.66. The van der Waals surface area contributed by atoms with Crippen LogP contribution >= 0.6 is 0 Å². The molecule has 20 heavy (non-hydrogen) atoms. The van der Waals surface area contributed by atoms with Crippen molar-refractivity contribution >= 4 is 5.97 Å². The number of rotatable bonds is 2. The van der Waals surface area contributed by atoms with Gasteiger partial charge in [-0.25, -0.2) is 0 Å². The predicted molar refractivity (Wildman–Crippen MR) is 84.6 cm³/mol. The standard InChI is InChI=1S/C18H34O2/c1-15(2,3)18(8,16(4,5)6)14(19)20-17(7)12-10-9-11-13-17/h9-13H2,1-8H3. The SMILES string of the molecule is CC1(OC(=O)C(C)(C(C)(C)C)C(C)(C)C)CCCCC1. The summed E-state index contributed by atoms with van der Waals surface area (Å²) in [6, 6.07) is 0. The van der Waals surface area contributed by atoms with Crippen LogP contribution < -0.4 is 0 Å².